The standard InChI is InChI=1S/C16H25BrN2/c1-2-16-9-4-3-5-11-19(16)12-10-18-15-8-6-7-14(17)13-15/h6-8,13,16,18H,2-5,9-12H2,1H3. The molecule has 1 saturated heterocycles. The van der Waals surface area contributed by atoms with Crippen molar-refractivity contribution in [3.05, 3.63) is 28.7 Å². The van der Waals surface area contributed by atoms with Crippen molar-refractivity contribution in [3.63, 3.8) is 0 Å². The average Bonchev–Trinajstić information content (AvgIpc) is 2.64. The van der Waals surface area contributed by atoms with Crippen LogP contribution < -0.4 is 5.32 Å². The van der Waals surface area contributed by atoms with Gasteiger partial charge in [-0.1, -0.05) is 41.8 Å². The van der Waals surface area contributed by atoms with Crippen molar-refractivity contribution >= 4 is 21.6 Å². The predicted octanol–water partition coefficient (Wildman–Crippen LogP) is 4.52. The lowest BCUT2D eigenvalue weighted by Gasteiger charge is -2.29. The first-order valence-corrected chi connectivity index (χ1v) is 8.32. The summed E-state index contributed by atoms with van der Waals surface area (Å²) < 4.78 is 1.14. The molecule has 0 bridgehead atoms. The second-order valence-corrected chi connectivity index (χ2v) is 6.30. The minimum Gasteiger partial charge on any atom is -0.384 e. The fourth-order valence-corrected chi connectivity index (χ4v) is 3.34. The minimum atomic E-state index is 0.798. The van der Waals surface area contributed by atoms with Crippen molar-refractivity contribution < 1.29 is 0 Å². The molecular weight excluding hydrogens is 300 g/mol. The van der Waals surface area contributed by atoms with Crippen LogP contribution in [0.2, 0.25) is 0 Å². The summed E-state index contributed by atoms with van der Waals surface area (Å²) in [7, 11) is 0. The van der Waals surface area contributed by atoms with E-state index >= 15 is 0 Å². The van der Waals surface area contributed by atoms with Gasteiger partial charge < -0.3 is 5.32 Å². The molecule has 1 fully saturated rings. The summed E-state index contributed by atoms with van der Waals surface area (Å²) in [6.45, 7) is 5.79. The van der Waals surface area contributed by atoms with Gasteiger partial charge in [0.1, 0.15) is 0 Å². The monoisotopic (exact) mass is 324 g/mol. The molecule has 0 aliphatic carbocycles. The van der Waals surface area contributed by atoms with Crippen molar-refractivity contribution in [1.82, 2.24) is 4.90 Å². The van der Waals surface area contributed by atoms with Crippen LogP contribution in [0, 0.1) is 0 Å². The highest BCUT2D eigenvalue weighted by Gasteiger charge is 2.18. The molecule has 1 aromatic rings. The summed E-state index contributed by atoms with van der Waals surface area (Å²) in [5, 5.41) is 3.53. The van der Waals surface area contributed by atoms with E-state index in [0.29, 0.717) is 0 Å². The van der Waals surface area contributed by atoms with Gasteiger partial charge in [-0.05, 0) is 44.0 Å². The zero-order valence-electron chi connectivity index (χ0n) is 11.9. The number of benzene rings is 1. The van der Waals surface area contributed by atoms with Crippen LogP contribution in [0.4, 0.5) is 5.69 Å². The highest BCUT2D eigenvalue weighted by Crippen LogP contribution is 2.19. The number of hydrogen-bond donors (Lipinski definition) is 1. The van der Waals surface area contributed by atoms with Gasteiger partial charge in [-0.25, -0.2) is 0 Å². The van der Waals surface area contributed by atoms with Crippen LogP contribution in [0.25, 0.3) is 0 Å². The van der Waals surface area contributed by atoms with Crippen LogP contribution in [0.3, 0.4) is 0 Å². The Kier molecular flexibility index (Phi) is 6.18. The first kappa shape index (κ1) is 14.9. The number of nitrogens with zero attached hydrogens (tertiary/aromatic N) is 1. The van der Waals surface area contributed by atoms with Crippen molar-refractivity contribution in [3.8, 4) is 0 Å². The van der Waals surface area contributed by atoms with Gasteiger partial charge in [0.25, 0.3) is 0 Å². The van der Waals surface area contributed by atoms with Gasteiger partial charge in [0.05, 0.1) is 0 Å². The van der Waals surface area contributed by atoms with Gasteiger partial charge >= 0.3 is 0 Å². The Morgan fingerprint density at radius 1 is 1.32 bits per heavy atom. The second kappa shape index (κ2) is 7.91. The molecule has 1 atom stereocenters. The maximum atomic E-state index is 3.53. The molecule has 1 heterocycles. The number of nitrogens with one attached hydrogen (secondary N) is 1. The lowest BCUT2D eigenvalue weighted by molar-refractivity contribution is 0.202. The van der Waals surface area contributed by atoms with E-state index in [9.17, 15) is 0 Å². The molecule has 0 spiro atoms. The summed E-state index contributed by atoms with van der Waals surface area (Å²) in [4.78, 5) is 2.68. The Balaban J connectivity index is 1.80. The smallest absolute Gasteiger partial charge is 0.0351 e. The molecule has 0 aromatic heterocycles. The number of rotatable bonds is 5. The topological polar surface area (TPSA) is 15.3 Å². The van der Waals surface area contributed by atoms with E-state index in [1.165, 1.54) is 44.3 Å². The SMILES string of the molecule is CCC1CCCCCN1CCNc1cccc(Br)c1. The molecule has 19 heavy (non-hydrogen) atoms. The van der Waals surface area contributed by atoms with Gasteiger partial charge in [-0.2, -0.15) is 0 Å². The van der Waals surface area contributed by atoms with Crippen LogP contribution in [0.5, 0.6) is 0 Å². The summed E-state index contributed by atoms with van der Waals surface area (Å²) >= 11 is 3.51. The Morgan fingerprint density at radius 2 is 2.21 bits per heavy atom. The average molecular weight is 325 g/mol. The summed E-state index contributed by atoms with van der Waals surface area (Å²) in [5.74, 6) is 0. The van der Waals surface area contributed by atoms with E-state index in [4.69, 9.17) is 0 Å². The third kappa shape index (κ3) is 4.81. The van der Waals surface area contributed by atoms with E-state index in [1.807, 2.05) is 0 Å². The second-order valence-electron chi connectivity index (χ2n) is 5.38. The Bertz CT molecular complexity index is 381. The van der Waals surface area contributed by atoms with Crippen molar-refractivity contribution in [2.24, 2.45) is 0 Å². The van der Waals surface area contributed by atoms with Gasteiger partial charge in [0, 0.05) is 29.3 Å². The lowest BCUT2D eigenvalue weighted by atomic mass is 10.1. The minimum absolute atomic E-state index is 0.798. The number of anilines is 1. The van der Waals surface area contributed by atoms with Gasteiger partial charge in [-0.3, -0.25) is 4.90 Å². The molecule has 0 radical (unpaired) electrons. The zero-order chi connectivity index (χ0) is 13.5. The van der Waals surface area contributed by atoms with Crippen molar-refractivity contribution in [2.45, 2.75) is 45.1 Å². The molecule has 1 aromatic carbocycles. The van der Waals surface area contributed by atoms with Crippen molar-refractivity contribution in [1.29, 1.82) is 0 Å². The quantitative estimate of drug-likeness (QED) is 0.856. The van der Waals surface area contributed by atoms with Gasteiger partial charge in [-0.15, -0.1) is 0 Å². The molecular formula is C16H25BrN2. The van der Waals surface area contributed by atoms with E-state index in [1.54, 1.807) is 0 Å². The van der Waals surface area contributed by atoms with Crippen molar-refractivity contribution in [2.75, 3.05) is 25.0 Å². The maximum Gasteiger partial charge on any atom is 0.0351 e. The highest BCUT2D eigenvalue weighted by atomic mass is 79.9. The van der Waals surface area contributed by atoms with Crippen LogP contribution in [0.15, 0.2) is 28.7 Å². The van der Waals surface area contributed by atoms with Crippen LogP contribution in [0.1, 0.15) is 39.0 Å². The molecule has 106 valence electrons. The molecule has 0 amide bonds. The van der Waals surface area contributed by atoms with Crippen LogP contribution in [-0.2, 0) is 0 Å². The molecule has 2 nitrogen and oxygen atoms in total. The first-order chi connectivity index (χ1) is 9.29. The van der Waals surface area contributed by atoms with E-state index in [2.05, 4.69) is 57.3 Å². The molecule has 1 aliphatic rings. The molecule has 1 aliphatic heterocycles. The molecule has 1 unspecified atom stereocenters. The molecule has 1 N–H and O–H groups in total. The van der Waals surface area contributed by atoms with E-state index in [-0.39, 0.29) is 0 Å². The summed E-state index contributed by atoms with van der Waals surface area (Å²) in [6, 6.07) is 9.21. The Morgan fingerprint density at radius 3 is 3.00 bits per heavy atom. The lowest BCUT2D eigenvalue weighted by Crippen LogP contribution is -2.37. The largest absolute Gasteiger partial charge is 0.384 e. The van der Waals surface area contributed by atoms with Crippen LogP contribution in [-0.4, -0.2) is 30.6 Å². The molecule has 2 rings (SSSR count). The van der Waals surface area contributed by atoms with E-state index in [0.717, 1.165) is 23.6 Å². The normalized spacial score (nSPS) is 21.1. The number of hydrogen-bond acceptors (Lipinski definition) is 2. The number of halogens is 1. The summed E-state index contributed by atoms with van der Waals surface area (Å²) in [6.07, 6.45) is 6.86. The van der Waals surface area contributed by atoms with Crippen LogP contribution >= 0.6 is 15.9 Å². The van der Waals surface area contributed by atoms with E-state index < -0.39 is 0 Å². The predicted molar refractivity (Wildman–Crippen MR) is 86.8 cm³/mol. The fraction of sp³-hybridized carbons (Fsp3) is 0.625. The van der Waals surface area contributed by atoms with Gasteiger partial charge in [0.15, 0.2) is 0 Å². The molecule has 3 heteroatoms. The number of likely N-dealkylation sites (tertiary alicyclic amines) is 1. The Labute approximate surface area is 125 Å². The maximum absolute atomic E-state index is 3.53. The molecule has 0 saturated carbocycles. The third-order valence-electron chi connectivity index (χ3n) is 4.02. The first-order valence-electron chi connectivity index (χ1n) is 7.53. The zero-order valence-corrected chi connectivity index (χ0v) is 13.5. The third-order valence-corrected chi connectivity index (χ3v) is 4.52. The summed E-state index contributed by atoms with van der Waals surface area (Å²) in [5.41, 5.74) is 1.21. The Hall–Kier alpha value is -0.540. The highest BCUT2D eigenvalue weighted by molar-refractivity contribution is 9.10. The van der Waals surface area contributed by atoms with Gasteiger partial charge in [0.2, 0.25) is 0 Å². The fourth-order valence-electron chi connectivity index (χ4n) is 2.94.